The summed E-state index contributed by atoms with van der Waals surface area (Å²) in [5.74, 6) is -6.69. The lowest BCUT2D eigenvalue weighted by Crippen LogP contribution is -2.59. The number of carbonyl (C=O) groups excluding carboxylic acids is 4. The van der Waals surface area contributed by atoms with Crippen molar-refractivity contribution in [2.45, 2.75) is 129 Å². The number of likely N-dealkylation sites (N-methyl/N-ethyl adjacent to an activating group) is 1. The highest BCUT2D eigenvalue weighted by Gasteiger charge is 2.52. The van der Waals surface area contributed by atoms with Crippen LogP contribution < -0.4 is 0 Å². The van der Waals surface area contributed by atoms with Crippen LogP contribution in [0.5, 0.6) is 0 Å². The molecule has 0 radical (unpaired) electrons. The Morgan fingerprint density at radius 1 is 1.04 bits per heavy atom. The van der Waals surface area contributed by atoms with Crippen LogP contribution in [0.2, 0.25) is 0 Å². The number of Topliss-reactive ketones (excluding diaryl/α,β-unsaturated/α-hetero) is 2. The van der Waals surface area contributed by atoms with E-state index in [9.17, 15) is 29.4 Å². The van der Waals surface area contributed by atoms with Crippen LogP contribution in [-0.4, -0.2) is 119 Å². The van der Waals surface area contributed by atoms with Crippen molar-refractivity contribution in [1.82, 2.24) is 9.88 Å². The Balaban J connectivity index is 1.68. The van der Waals surface area contributed by atoms with E-state index in [0.717, 1.165) is 10.9 Å². The molecule has 13 nitrogen and oxygen atoms in total. The minimum Gasteiger partial charge on any atom is -0.462 e. The van der Waals surface area contributed by atoms with E-state index in [-0.39, 0.29) is 49.4 Å². The fourth-order valence-electron chi connectivity index (χ4n) is 8.61. The minimum atomic E-state index is -1.76. The van der Waals surface area contributed by atoms with Gasteiger partial charge in [-0.05, 0) is 79.6 Å². The Bertz CT molecular complexity index is 1660. The Hall–Kier alpha value is -3.33. The van der Waals surface area contributed by atoms with Gasteiger partial charge in [0.15, 0.2) is 12.1 Å². The normalized spacial score (nSPS) is 37.1. The number of hydrogen-bond donors (Lipinski definition) is 2. The molecule has 1 aromatic heterocycles. The number of carbonyl (C=O) groups is 4. The number of esters is 2. The molecule has 0 spiro atoms. The van der Waals surface area contributed by atoms with Crippen molar-refractivity contribution >= 4 is 34.4 Å². The maximum absolute atomic E-state index is 14.5. The third kappa shape index (κ3) is 9.80. The number of methoxy groups -OCH3 is 1. The molecule has 0 amide bonds. The van der Waals surface area contributed by atoms with Crippen molar-refractivity contribution in [2.24, 2.45) is 29.6 Å². The number of aromatic nitrogens is 1. The summed E-state index contributed by atoms with van der Waals surface area (Å²) in [7, 11) is 5.19. The number of fused-ring (bicyclic) bond motifs is 1. The Labute approximate surface area is 325 Å². The zero-order valence-electron chi connectivity index (χ0n) is 34.3. The van der Waals surface area contributed by atoms with Crippen molar-refractivity contribution < 1.29 is 53.1 Å². The fourth-order valence-corrected chi connectivity index (χ4v) is 8.61. The number of pyridine rings is 1. The van der Waals surface area contributed by atoms with E-state index in [1.54, 1.807) is 40.7 Å². The predicted molar refractivity (Wildman–Crippen MR) is 205 cm³/mol. The van der Waals surface area contributed by atoms with E-state index in [1.807, 2.05) is 50.2 Å². The molecule has 2 saturated heterocycles. The lowest BCUT2D eigenvalue weighted by atomic mass is 9.69. The standard InChI is InChI=1S/C42H62N2O11/c1-12-33-42(8,50)30(17-18-52-39(49)29-20-28-15-13-14-16-31(28)43-22-29)25(4)34(45)23(2)21-41(7,51-11)37(26(5)35(46)27(6)38(48)54-33)55-40-36(47)32(44(9)10)19-24(3)53-40/h13-16,20,22-27,30,32-33,36-37,40,47,50H,12,17-19,21H2,1-11H3/t23-,24-,25?,26-,27?,30+,32+,33-,36-,37-,40+,41-,42+/m1/s1. The van der Waals surface area contributed by atoms with E-state index < -0.39 is 83.1 Å². The molecule has 55 heavy (non-hydrogen) atoms. The van der Waals surface area contributed by atoms with Crippen molar-refractivity contribution in [2.75, 3.05) is 27.8 Å². The second kappa shape index (κ2) is 18.3. The number of ether oxygens (including phenoxy) is 5. The van der Waals surface area contributed by atoms with Gasteiger partial charge in [0.25, 0.3) is 0 Å². The molecule has 0 saturated carbocycles. The maximum Gasteiger partial charge on any atom is 0.339 e. The van der Waals surface area contributed by atoms with Crippen LogP contribution in [0.15, 0.2) is 36.5 Å². The molecule has 13 atom stereocenters. The second-order valence-electron chi connectivity index (χ2n) is 16.4. The van der Waals surface area contributed by atoms with E-state index >= 15 is 0 Å². The molecular weight excluding hydrogens is 708 g/mol. The molecule has 2 aromatic rings. The first kappa shape index (κ1) is 44.4. The van der Waals surface area contributed by atoms with Gasteiger partial charge in [-0.3, -0.25) is 19.4 Å². The second-order valence-corrected chi connectivity index (χ2v) is 16.4. The SMILES string of the molecule is CC[C@H]1OC(=O)C(C)C(=O)[C@@H](C)[C@@H](O[C@@H]2O[C@H](C)C[C@H](N(C)C)[C@H]2O)[C@](C)(OC)C[C@@H](C)C(=O)C(C)[C@H](CCOC(=O)c2cnc3ccccc3c2)[C@]1(C)O. The average molecular weight is 771 g/mol. The smallest absolute Gasteiger partial charge is 0.339 e. The third-order valence-corrected chi connectivity index (χ3v) is 12.1. The van der Waals surface area contributed by atoms with Crippen LogP contribution in [0.25, 0.3) is 10.9 Å². The van der Waals surface area contributed by atoms with E-state index in [2.05, 4.69) is 4.98 Å². The highest BCUT2D eigenvalue weighted by atomic mass is 16.7. The molecule has 4 rings (SSSR count). The molecular formula is C42H62N2O11. The summed E-state index contributed by atoms with van der Waals surface area (Å²) in [5.41, 5.74) is -2.06. The summed E-state index contributed by atoms with van der Waals surface area (Å²) in [6.45, 7) is 13.3. The topological polar surface area (TPSA) is 171 Å². The van der Waals surface area contributed by atoms with Gasteiger partial charge in [-0.2, -0.15) is 0 Å². The van der Waals surface area contributed by atoms with Gasteiger partial charge in [0, 0.05) is 48.4 Å². The molecule has 2 N–H and O–H groups in total. The van der Waals surface area contributed by atoms with E-state index in [4.69, 9.17) is 23.7 Å². The van der Waals surface area contributed by atoms with E-state index in [0.29, 0.717) is 6.42 Å². The summed E-state index contributed by atoms with van der Waals surface area (Å²) >= 11 is 0. The lowest BCUT2D eigenvalue weighted by Gasteiger charge is -2.47. The quantitative estimate of drug-likeness (QED) is 0.264. The van der Waals surface area contributed by atoms with Crippen molar-refractivity contribution in [3.8, 4) is 0 Å². The summed E-state index contributed by atoms with van der Waals surface area (Å²) in [4.78, 5) is 61.8. The first-order chi connectivity index (χ1) is 25.8. The van der Waals surface area contributed by atoms with Crippen LogP contribution >= 0.6 is 0 Å². The average Bonchev–Trinajstić information content (AvgIpc) is 3.15. The fraction of sp³-hybridized carbons (Fsp3) is 0.690. The summed E-state index contributed by atoms with van der Waals surface area (Å²) < 4.78 is 30.4. The van der Waals surface area contributed by atoms with Crippen LogP contribution in [0, 0.1) is 29.6 Å². The van der Waals surface area contributed by atoms with Crippen LogP contribution in [0.1, 0.15) is 91.4 Å². The number of hydrogen-bond acceptors (Lipinski definition) is 13. The minimum absolute atomic E-state index is 0.0638. The Kier molecular flexibility index (Phi) is 14.8. The monoisotopic (exact) mass is 770 g/mol. The largest absolute Gasteiger partial charge is 0.462 e. The molecule has 1 aromatic carbocycles. The van der Waals surface area contributed by atoms with Gasteiger partial charge in [-0.15, -0.1) is 0 Å². The molecule has 2 aliphatic heterocycles. The molecule has 0 bridgehead atoms. The van der Waals surface area contributed by atoms with Crippen molar-refractivity contribution in [3.05, 3.63) is 42.1 Å². The third-order valence-electron chi connectivity index (χ3n) is 12.1. The first-order valence-electron chi connectivity index (χ1n) is 19.5. The van der Waals surface area contributed by atoms with Gasteiger partial charge in [-0.1, -0.05) is 45.9 Å². The van der Waals surface area contributed by atoms with Crippen LogP contribution in [0.4, 0.5) is 0 Å². The number of cyclic esters (lactones) is 1. The number of aliphatic hydroxyl groups is 2. The number of benzene rings is 1. The van der Waals surface area contributed by atoms with Gasteiger partial charge < -0.3 is 38.8 Å². The molecule has 2 aliphatic rings. The van der Waals surface area contributed by atoms with Gasteiger partial charge in [-0.25, -0.2) is 4.79 Å². The van der Waals surface area contributed by atoms with Crippen molar-refractivity contribution in [1.29, 1.82) is 0 Å². The van der Waals surface area contributed by atoms with Crippen LogP contribution in [0.3, 0.4) is 0 Å². The summed E-state index contributed by atoms with van der Waals surface area (Å²) in [6.07, 6.45) is -2.29. The number of aliphatic hydroxyl groups excluding tert-OH is 1. The van der Waals surface area contributed by atoms with Gasteiger partial charge in [0.2, 0.25) is 0 Å². The molecule has 13 heteroatoms. The summed E-state index contributed by atoms with van der Waals surface area (Å²) in [5, 5.41) is 24.4. The number of para-hydroxylation sites is 1. The molecule has 2 fully saturated rings. The summed E-state index contributed by atoms with van der Waals surface area (Å²) in [6, 6.07) is 8.79. The Morgan fingerprint density at radius 2 is 1.71 bits per heavy atom. The Morgan fingerprint density at radius 3 is 2.35 bits per heavy atom. The molecule has 306 valence electrons. The lowest BCUT2D eigenvalue weighted by molar-refractivity contribution is -0.295. The predicted octanol–water partition coefficient (Wildman–Crippen LogP) is 4.77. The van der Waals surface area contributed by atoms with Crippen LogP contribution in [-0.2, 0) is 38.1 Å². The molecule has 0 aliphatic carbocycles. The van der Waals surface area contributed by atoms with Gasteiger partial charge >= 0.3 is 11.9 Å². The van der Waals surface area contributed by atoms with Gasteiger partial charge in [0.1, 0.15) is 29.5 Å². The molecule has 2 unspecified atom stereocenters. The highest BCUT2D eigenvalue weighted by molar-refractivity contribution is 6.00. The van der Waals surface area contributed by atoms with Gasteiger partial charge in [0.05, 0.1) is 35.5 Å². The van der Waals surface area contributed by atoms with E-state index in [1.165, 1.54) is 27.2 Å². The zero-order chi connectivity index (χ0) is 41.0. The number of ketones is 2. The first-order valence-corrected chi connectivity index (χ1v) is 19.5. The highest BCUT2D eigenvalue weighted by Crippen LogP contribution is 2.40. The number of rotatable bonds is 9. The van der Waals surface area contributed by atoms with Crippen molar-refractivity contribution in [3.63, 3.8) is 0 Å². The maximum atomic E-state index is 14.5. The molecule has 3 heterocycles. The zero-order valence-corrected chi connectivity index (χ0v) is 34.3. The number of nitrogens with zero attached hydrogens (tertiary/aromatic N) is 2.